The molecular weight excluding hydrogens is 319 g/mol. The number of hydrogen-bond donors (Lipinski definition) is 1. The summed E-state index contributed by atoms with van der Waals surface area (Å²) < 4.78 is 39.4. The second kappa shape index (κ2) is 6.31. The summed E-state index contributed by atoms with van der Waals surface area (Å²) in [4.78, 5) is 12.4. The monoisotopic (exact) mass is 333 g/mol. The molecule has 5 nitrogen and oxygen atoms in total. The largest absolute Gasteiger partial charge is 0.406 e. The van der Waals surface area contributed by atoms with Crippen LogP contribution in [-0.4, -0.2) is 25.7 Å². The van der Waals surface area contributed by atoms with Crippen LogP contribution in [0.4, 0.5) is 24.8 Å². The molecule has 8 heteroatoms. The van der Waals surface area contributed by atoms with Gasteiger partial charge in [0.1, 0.15) is 12.4 Å². The van der Waals surface area contributed by atoms with Gasteiger partial charge in [-0.15, -0.1) is 0 Å². The second-order valence-corrected chi connectivity index (χ2v) is 5.15. The number of aromatic nitrogens is 4. The normalized spacial score (nSPS) is 11.5. The van der Waals surface area contributed by atoms with Gasteiger partial charge in [0.15, 0.2) is 0 Å². The third kappa shape index (κ3) is 3.70. The number of alkyl halides is 3. The molecule has 0 spiro atoms. The minimum Gasteiger partial charge on any atom is -0.324 e. The average molecular weight is 333 g/mol. The van der Waals surface area contributed by atoms with Crippen LogP contribution in [0.3, 0.4) is 0 Å². The van der Waals surface area contributed by atoms with Crippen LogP contribution in [0.2, 0.25) is 0 Å². The molecular formula is C16H14F3N5. The Morgan fingerprint density at radius 1 is 1.08 bits per heavy atom. The van der Waals surface area contributed by atoms with Gasteiger partial charge in [-0.05, 0) is 25.1 Å². The van der Waals surface area contributed by atoms with E-state index in [4.69, 9.17) is 0 Å². The van der Waals surface area contributed by atoms with Crippen LogP contribution in [0.1, 0.15) is 5.82 Å². The van der Waals surface area contributed by atoms with Gasteiger partial charge in [0.05, 0.1) is 17.6 Å². The van der Waals surface area contributed by atoms with Crippen LogP contribution in [0.15, 0.2) is 48.8 Å². The predicted molar refractivity (Wildman–Crippen MR) is 83.8 cm³/mol. The highest BCUT2D eigenvalue weighted by molar-refractivity contribution is 5.59. The number of para-hydroxylation sites is 1. The molecule has 0 unspecified atom stereocenters. The Morgan fingerprint density at radius 3 is 2.54 bits per heavy atom. The summed E-state index contributed by atoms with van der Waals surface area (Å²) in [5.41, 5.74) is 1.45. The summed E-state index contributed by atoms with van der Waals surface area (Å²) in [5, 5.41) is 3.01. The van der Waals surface area contributed by atoms with Gasteiger partial charge in [0.2, 0.25) is 5.95 Å². The standard InChI is InChI=1S/C16H14F3N5/c1-11-21-9-14(24(11)10-16(17,18)19)13-7-8-20-15(23-13)22-12-5-3-2-4-6-12/h2-9H,10H2,1H3,(H,20,22,23). The van der Waals surface area contributed by atoms with E-state index in [1.807, 2.05) is 30.3 Å². The molecule has 0 saturated heterocycles. The molecule has 24 heavy (non-hydrogen) atoms. The lowest BCUT2D eigenvalue weighted by Gasteiger charge is -2.13. The van der Waals surface area contributed by atoms with Gasteiger partial charge in [0, 0.05) is 11.9 Å². The van der Waals surface area contributed by atoms with Gasteiger partial charge in [-0.1, -0.05) is 18.2 Å². The topological polar surface area (TPSA) is 55.6 Å². The van der Waals surface area contributed by atoms with Crippen molar-refractivity contribution in [1.29, 1.82) is 0 Å². The quantitative estimate of drug-likeness (QED) is 0.785. The number of anilines is 2. The van der Waals surface area contributed by atoms with Crippen LogP contribution in [0.25, 0.3) is 11.4 Å². The Balaban J connectivity index is 1.92. The molecule has 3 rings (SSSR count). The first-order chi connectivity index (χ1) is 11.4. The highest BCUT2D eigenvalue weighted by Gasteiger charge is 2.30. The molecule has 0 aliphatic heterocycles. The van der Waals surface area contributed by atoms with Gasteiger partial charge >= 0.3 is 6.18 Å². The highest BCUT2D eigenvalue weighted by atomic mass is 19.4. The summed E-state index contributed by atoms with van der Waals surface area (Å²) in [6.07, 6.45) is -1.46. The summed E-state index contributed by atoms with van der Waals surface area (Å²) in [7, 11) is 0. The summed E-state index contributed by atoms with van der Waals surface area (Å²) in [5.74, 6) is 0.578. The van der Waals surface area contributed by atoms with Gasteiger partial charge in [-0.25, -0.2) is 15.0 Å². The molecule has 0 atom stereocenters. The van der Waals surface area contributed by atoms with Gasteiger partial charge in [-0.2, -0.15) is 13.2 Å². The zero-order valence-corrected chi connectivity index (χ0v) is 12.7. The molecule has 1 N–H and O–H groups in total. The predicted octanol–water partition coefficient (Wildman–Crippen LogP) is 3.95. The van der Waals surface area contributed by atoms with E-state index >= 15 is 0 Å². The number of rotatable bonds is 4. The van der Waals surface area contributed by atoms with Crippen LogP contribution >= 0.6 is 0 Å². The number of hydrogen-bond acceptors (Lipinski definition) is 4. The van der Waals surface area contributed by atoms with E-state index in [0.29, 0.717) is 17.3 Å². The van der Waals surface area contributed by atoms with E-state index in [2.05, 4.69) is 20.3 Å². The molecule has 124 valence electrons. The van der Waals surface area contributed by atoms with Crippen molar-refractivity contribution in [2.75, 3.05) is 5.32 Å². The molecule has 0 radical (unpaired) electrons. The fourth-order valence-electron chi connectivity index (χ4n) is 2.26. The minimum absolute atomic E-state index is 0.276. The molecule has 0 fully saturated rings. The first-order valence-corrected chi connectivity index (χ1v) is 7.17. The first kappa shape index (κ1) is 16.0. The van der Waals surface area contributed by atoms with Crippen molar-refractivity contribution in [2.45, 2.75) is 19.6 Å². The lowest BCUT2D eigenvalue weighted by Crippen LogP contribution is -2.19. The van der Waals surface area contributed by atoms with E-state index in [9.17, 15) is 13.2 Å². The molecule has 0 bridgehead atoms. The number of halogens is 3. The Kier molecular flexibility index (Phi) is 4.20. The van der Waals surface area contributed by atoms with Crippen LogP contribution in [0.5, 0.6) is 0 Å². The number of imidazole rings is 1. The van der Waals surface area contributed by atoms with E-state index in [1.54, 1.807) is 6.07 Å². The van der Waals surface area contributed by atoms with Crippen molar-refractivity contribution in [1.82, 2.24) is 19.5 Å². The number of benzene rings is 1. The van der Waals surface area contributed by atoms with Crippen molar-refractivity contribution in [3.8, 4) is 11.4 Å². The third-order valence-electron chi connectivity index (χ3n) is 3.34. The molecule has 0 saturated carbocycles. The lowest BCUT2D eigenvalue weighted by molar-refractivity contribution is -0.140. The number of nitrogens with zero attached hydrogens (tertiary/aromatic N) is 4. The fraction of sp³-hybridized carbons (Fsp3) is 0.188. The molecule has 3 aromatic rings. The van der Waals surface area contributed by atoms with E-state index in [0.717, 1.165) is 10.3 Å². The van der Waals surface area contributed by atoms with Crippen molar-refractivity contribution >= 4 is 11.6 Å². The van der Waals surface area contributed by atoms with Crippen molar-refractivity contribution in [2.24, 2.45) is 0 Å². The van der Waals surface area contributed by atoms with Crippen molar-refractivity contribution in [3.05, 3.63) is 54.6 Å². The maximum Gasteiger partial charge on any atom is 0.406 e. The molecule has 2 aromatic heterocycles. The zero-order valence-electron chi connectivity index (χ0n) is 12.7. The number of aryl methyl sites for hydroxylation is 1. The highest BCUT2D eigenvalue weighted by Crippen LogP contribution is 2.25. The Morgan fingerprint density at radius 2 is 1.83 bits per heavy atom. The summed E-state index contributed by atoms with van der Waals surface area (Å²) >= 11 is 0. The smallest absolute Gasteiger partial charge is 0.324 e. The van der Waals surface area contributed by atoms with E-state index in [-0.39, 0.29) is 5.82 Å². The van der Waals surface area contributed by atoms with Gasteiger partial charge < -0.3 is 9.88 Å². The lowest BCUT2D eigenvalue weighted by atomic mass is 10.3. The maximum atomic E-state index is 12.8. The van der Waals surface area contributed by atoms with E-state index in [1.165, 1.54) is 19.3 Å². The SMILES string of the molecule is Cc1ncc(-c2ccnc(Nc3ccccc3)n2)n1CC(F)(F)F. The second-order valence-electron chi connectivity index (χ2n) is 5.15. The molecule has 0 aliphatic carbocycles. The third-order valence-corrected chi connectivity index (χ3v) is 3.34. The maximum absolute atomic E-state index is 12.8. The first-order valence-electron chi connectivity index (χ1n) is 7.17. The Labute approximate surface area is 136 Å². The Bertz CT molecular complexity index is 827. The average Bonchev–Trinajstić information content (AvgIpc) is 2.88. The molecule has 2 heterocycles. The molecule has 0 amide bonds. The van der Waals surface area contributed by atoms with Gasteiger partial charge in [-0.3, -0.25) is 0 Å². The summed E-state index contributed by atoms with van der Waals surface area (Å²) in [6, 6.07) is 10.8. The van der Waals surface area contributed by atoms with Crippen molar-refractivity contribution < 1.29 is 13.2 Å². The van der Waals surface area contributed by atoms with Gasteiger partial charge in [0.25, 0.3) is 0 Å². The van der Waals surface area contributed by atoms with Crippen molar-refractivity contribution in [3.63, 3.8) is 0 Å². The molecule has 1 aromatic carbocycles. The minimum atomic E-state index is -4.33. The molecule has 0 aliphatic rings. The number of nitrogens with one attached hydrogen (secondary N) is 1. The fourth-order valence-corrected chi connectivity index (χ4v) is 2.26. The summed E-state index contributed by atoms with van der Waals surface area (Å²) in [6.45, 7) is 0.416. The van der Waals surface area contributed by atoms with Crippen LogP contribution in [0, 0.1) is 6.92 Å². The van der Waals surface area contributed by atoms with Crippen LogP contribution in [-0.2, 0) is 6.54 Å². The van der Waals surface area contributed by atoms with Crippen LogP contribution < -0.4 is 5.32 Å². The Hall–Kier alpha value is -2.90. The zero-order chi connectivity index (χ0) is 17.2. The van der Waals surface area contributed by atoms with E-state index < -0.39 is 12.7 Å².